The highest BCUT2D eigenvalue weighted by Gasteiger charge is 2.41. The molecule has 0 atom stereocenters. The number of ether oxygens (including phenoxy) is 2. The van der Waals surface area contributed by atoms with Gasteiger partial charge in [-0.15, -0.1) is 0 Å². The minimum absolute atomic E-state index is 0.122. The maximum absolute atomic E-state index is 13.1. The van der Waals surface area contributed by atoms with Crippen LogP contribution in [-0.2, 0) is 10.9 Å². The second-order valence-corrected chi connectivity index (χ2v) is 9.68. The molecule has 38 heavy (non-hydrogen) atoms. The van der Waals surface area contributed by atoms with Crippen LogP contribution in [0.15, 0.2) is 54.7 Å². The fourth-order valence-electron chi connectivity index (χ4n) is 4.87. The van der Waals surface area contributed by atoms with Gasteiger partial charge in [0.05, 0.1) is 25.3 Å². The minimum Gasteiger partial charge on any atom is -0.484 e. The molecule has 0 bridgehead atoms. The van der Waals surface area contributed by atoms with Gasteiger partial charge in [-0.1, -0.05) is 12.1 Å². The van der Waals surface area contributed by atoms with Crippen LogP contribution in [0.5, 0.6) is 5.75 Å². The molecule has 1 saturated heterocycles. The van der Waals surface area contributed by atoms with Gasteiger partial charge in [-0.3, -0.25) is 14.6 Å². The van der Waals surface area contributed by atoms with E-state index >= 15 is 0 Å². The molecule has 1 N–H and O–H groups in total. The van der Waals surface area contributed by atoms with Crippen LogP contribution in [0, 0.1) is 6.92 Å². The zero-order valence-electron chi connectivity index (χ0n) is 20.9. The third-order valence-corrected chi connectivity index (χ3v) is 6.93. The van der Waals surface area contributed by atoms with Gasteiger partial charge < -0.3 is 19.7 Å². The first-order chi connectivity index (χ1) is 18.0. The van der Waals surface area contributed by atoms with Gasteiger partial charge in [-0.25, -0.2) is 0 Å². The Labute approximate surface area is 217 Å². The Bertz CT molecular complexity index is 1400. The van der Waals surface area contributed by atoms with Crippen LogP contribution in [0.2, 0.25) is 0 Å². The Morgan fingerprint density at radius 1 is 1.05 bits per heavy atom. The molecule has 1 aromatic heterocycles. The topological polar surface area (TPSA) is 80.8 Å². The summed E-state index contributed by atoms with van der Waals surface area (Å²) in [4.78, 5) is 30.8. The van der Waals surface area contributed by atoms with E-state index in [0.717, 1.165) is 22.9 Å². The van der Waals surface area contributed by atoms with E-state index < -0.39 is 23.4 Å². The molecule has 1 fully saturated rings. The molecule has 198 valence electrons. The Morgan fingerprint density at radius 3 is 2.55 bits per heavy atom. The molecule has 5 rings (SSSR count). The fraction of sp³-hybridized carbons (Fsp3) is 0.321. The first kappa shape index (κ1) is 25.7. The van der Waals surface area contributed by atoms with E-state index in [0.29, 0.717) is 55.7 Å². The molecular formula is C28H26F3N3O4. The summed E-state index contributed by atoms with van der Waals surface area (Å²) in [5.74, 6) is -0.319. The van der Waals surface area contributed by atoms with Crippen molar-refractivity contribution in [2.75, 3.05) is 32.1 Å². The van der Waals surface area contributed by atoms with Crippen LogP contribution in [0.4, 0.5) is 18.9 Å². The molecule has 3 heterocycles. The van der Waals surface area contributed by atoms with E-state index in [4.69, 9.17) is 9.47 Å². The lowest BCUT2D eigenvalue weighted by Gasteiger charge is -2.38. The lowest BCUT2D eigenvalue weighted by atomic mass is 9.93. The highest BCUT2D eigenvalue weighted by atomic mass is 19.4. The van der Waals surface area contributed by atoms with Crippen molar-refractivity contribution >= 4 is 17.5 Å². The molecule has 0 unspecified atom stereocenters. The van der Waals surface area contributed by atoms with Gasteiger partial charge in [0.15, 0.2) is 0 Å². The summed E-state index contributed by atoms with van der Waals surface area (Å²) in [6.45, 7) is 3.48. The predicted octanol–water partition coefficient (Wildman–Crippen LogP) is 5.34. The zero-order valence-corrected chi connectivity index (χ0v) is 20.9. The number of halogens is 3. The van der Waals surface area contributed by atoms with Crippen molar-refractivity contribution in [2.45, 2.75) is 31.5 Å². The number of hydrogen-bond donors (Lipinski definition) is 1. The maximum Gasteiger partial charge on any atom is 0.433 e. The lowest BCUT2D eigenvalue weighted by Crippen LogP contribution is -2.49. The van der Waals surface area contributed by atoms with E-state index in [9.17, 15) is 22.8 Å². The average Bonchev–Trinajstić information content (AvgIpc) is 2.98. The maximum atomic E-state index is 13.1. The molecule has 2 aromatic carbocycles. The fourth-order valence-corrected chi connectivity index (χ4v) is 4.87. The lowest BCUT2D eigenvalue weighted by molar-refractivity contribution is -0.141. The molecule has 7 nitrogen and oxygen atoms in total. The van der Waals surface area contributed by atoms with Gasteiger partial charge in [-0.2, -0.15) is 13.2 Å². The number of rotatable bonds is 3. The van der Waals surface area contributed by atoms with Crippen molar-refractivity contribution in [2.24, 2.45) is 0 Å². The van der Waals surface area contributed by atoms with Crippen LogP contribution in [0.1, 0.15) is 44.8 Å². The number of fused-ring (bicyclic) bond motifs is 1. The van der Waals surface area contributed by atoms with Crippen LogP contribution in [0.25, 0.3) is 11.1 Å². The number of nitrogens with zero attached hydrogens (tertiary/aromatic N) is 2. The molecular weight excluding hydrogens is 499 g/mol. The van der Waals surface area contributed by atoms with Crippen molar-refractivity contribution in [3.8, 4) is 16.9 Å². The number of aromatic nitrogens is 1. The molecule has 0 aliphatic carbocycles. The molecule has 1 spiro atoms. The first-order valence-corrected chi connectivity index (χ1v) is 12.2. The van der Waals surface area contributed by atoms with E-state index in [-0.39, 0.29) is 11.5 Å². The number of carbonyl (C=O) groups is 2. The number of carbonyl (C=O) groups excluding carboxylic acids is 2. The quantitative estimate of drug-likeness (QED) is 0.499. The average molecular weight is 526 g/mol. The van der Waals surface area contributed by atoms with Gasteiger partial charge in [0.2, 0.25) is 0 Å². The third kappa shape index (κ3) is 5.08. The SMILES string of the molecule is Cc1ccc(NC(=O)c2ccnc(C(F)(F)F)c2)cc1-c1ccc2c(c1)OC1(CCOCC1)CN(C)C2=O. The summed E-state index contributed by atoms with van der Waals surface area (Å²) >= 11 is 0. The number of likely N-dealkylation sites (N-methyl/N-ethyl adjacent to an activating group) is 1. The summed E-state index contributed by atoms with van der Waals surface area (Å²) in [6.07, 6.45) is -2.36. The van der Waals surface area contributed by atoms with Gasteiger partial charge in [0.1, 0.15) is 17.0 Å². The second-order valence-electron chi connectivity index (χ2n) is 9.68. The normalized spacial score (nSPS) is 17.0. The van der Waals surface area contributed by atoms with Crippen LogP contribution in [0.3, 0.4) is 0 Å². The number of anilines is 1. The summed E-state index contributed by atoms with van der Waals surface area (Å²) in [5, 5.41) is 2.67. The molecule has 3 aromatic rings. The number of alkyl halides is 3. The Balaban J connectivity index is 1.45. The molecule has 2 amide bonds. The molecule has 10 heteroatoms. The first-order valence-electron chi connectivity index (χ1n) is 12.2. The Morgan fingerprint density at radius 2 is 1.82 bits per heavy atom. The second kappa shape index (κ2) is 9.75. The monoisotopic (exact) mass is 525 g/mol. The van der Waals surface area contributed by atoms with E-state index in [1.54, 1.807) is 30.1 Å². The predicted molar refractivity (Wildman–Crippen MR) is 134 cm³/mol. The van der Waals surface area contributed by atoms with Crippen LogP contribution in [-0.4, -0.2) is 54.1 Å². The highest BCUT2D eigenvalue weighted by molar-refractivity contribution is 6.04. The van der Waals surface area contributed by atoms with Crippen molar-refractivity contribution in [3.05, 3.63) is 77.1 Å². The van der Waals surface area contributed by atoms with E-state index in [1.165, 1.54) is 6.07 Å². The summed E-state index contributed by atoms with van der Waals surface area (Å²) < 4.78 is 51.1. The zero-order chi connectivity index (χ0) is 27.1. The number of nitrogens with one attached hydrogen (secondary N) is 1. The van der Waals surface area contributed by atoms with Gasteiger partial charge in [-0.05, 0) is 60.0 Å². The largest absolute Gasteiger partial charge is 0.484 e. The summed E-state index contributed by atoms with van der Waals surface area (Å²) in [7, 11) is 1.77. The number of benzene rings is 2. The molecule has 0 saturated carbocycles. The van der Waals surface area contributed by atoms with Crippen molar-refractivity contribution in [1.82, 2.24) is 9.88 Å². The minimum atomic E-state index is -4.65. The van der Waals surface area contributed by atoms with Crippen molar-refractivity contribution < 1.29 is 32.2 Å². The Kier molecular flexibility index (Phi) is 6.60. The van der Waals surface area contributed by atoms with E-state index in [2.05, 4.69) is 10.3 Å². The number of hydrogen-bond acceptors (Lipinski definition) is 5. The highest BCUT2D eigenvalue weighted by Crippen LogP contribution is 2.38. The smallest absolute Gasteiger partial charge is 0.433 e. The number of aryl methyl sites for hydroxylation is 1. The Hall–Kier alpha value is -3.92. The summed E-state index contributed by atoms with van der Waals surface area (Å²) in [6, 6.07) is 12.6. The van der Waals surface area contributed by atoms with Crippen molar-refractivity contribution in [1.29, 1.82) is 0 Å². The van der Waals surface area contributed by atoms with Crippen LogP contribution >= 0.6 is 0 Å². The summed E-state index contributed by atoms with van der Waals surface area (Å²) in [5.41, 5.74) is 1.53. The standard InChI is InChI=1S/C28H26F3N3O4/c1-17-3-5-20(33-25(35)19-7-10-32-24(14-19)28(29,30)31)15-22(17)18-4-6-21-23(13-18)38-27(8-11-37-12-9-27)16-34(2)26(21)36/h3-7,10,13-15H,8-9,11-12,16H2,1-2H3,(H,33,35). The number of amides is 2. The molecule has 2 aliphatic heterocycles. The van der Waals surface area contributed by atoms with Gasteiger partial charge in [0.25, 0.3) is 11.8 Å². The number of pyridine rings is 1. The molecule has 0 radical (unpaired) electrons. The third-order valence-electron chi connectivity index (χ3n) is 6.93. The molecule has 2 aliphatic rings. The van der Waals surface area contributed by atoms with E-state index in [1.807, 2.05) is 25.1 Å². The van der Waals surface area contributed by atoms with Gasteiger partial charge >= 0.3 is 6.18 Å². The van der Waals surface area contributed by atoms with Gasteiger partial charge in [0, 0.05) is 37.3 Å². The van der Waals surface area contributed by atoms with Crippen LogP contribution < -0.4 is 10.1 Å². The van der Waals surface area contributed by atoms with Crippen molar-refractivity contribution in [3.63, 3.8) is 0 Å².